The summed E-state index contributed by atoms with van der Waals surface area (Å²) in [5.41, 5.74) is 3.48. The molecule has 1 heteroatoms. The van der Waals surface area contributed by atoms with E-state index in [4.69, 9.17) is 0 Å². The van der Waals surface area contributed by atoms with Crippen molar-refractivity contribution in [2.75, 3.05) is 0 Å². The molecule has 0 saturated heterocycles. The van der Waals surface area contributed by atoms with Gasteiger partial charge in [-0.1, -0.05) is 36.0 Å². The first-order valence-corrected chi connectivity index (χ1v) is 5.86. The van der Waals surface area contributed by atoms with Crippen molar-refractivity contribution in [1.82, 2.24) is 0 Å². The van der Waals surface area contributed by atoms with Crippen LogP contribution < -0.4 is 0 Å². The number of hydrogen-bond donors (Lipinski definition) is 0. The molecular weight excluding hydrogens is 196 g/mol. The van der Waals surface area contributed by atoms with Gasteiger partial charge in [-0.3, -0.25) is 0 Å². The van der Waals surface area contributed by atoms with Gasteiger partial charge in [-0.15, -0.1) is 0 Å². The molecule has 0 aromatic carbocycles. The summed E-state index contributed by atoms with van der Waals surface area (Å²) in [6.07, 6.45) is 5.86. The molecule has 0 unspecified atom stereocenters. The fourth-order valence-electron chi connectivity index (χ4n) is 2.63. The van der Waals surface area contributed by atoms with Crippen LogP contribution in [-0.4, -0.2) is 6.29 Å². The van der Waals surface area contributed by atoms with Crippen molar-refractivity contribution in [2.45, 2.75) is 40.0 Å². The van der Waals surface area contributed by atoms with Crippen molar-refractivity contribution in [1.29, 1.82) is 0 Å². The van der Waals surface area contributed by atoms with Gasteiger partial charge in [0.2, 0.25) is 0 Å². The molecule has 2 atom stereocenters. The second-order valence-corrected chi connectivity index (χ2v) is 5.10. The van der Waals surface area contributed by atoms with E-state index in [1.54, 1.807) is 0 Å². The summed E-state index contributed by atoms with van der Waals surface area (Å²) in [4.78, 5) is 10.9. The molecule has 0 fully saturated rings. The number of carbonyl (C=O) groups is 1. The van der Waals surface area contributed by atoms with E-state index in [2.05, 4.69) is 33.1 Å². The van der Waals surface area contributed by atoms with E-state index < -0.39 is 0 Å². The highest BCUT2D eigenvalue weighted by atomic mass is 16.1. The Labute approximate surface area is 98.9 Å². The third-order valence-electron chi connectivity index (χ3n) is 4.00. The van der Waals surface area contributed by atoms with E-state index in [0.717, 1.165) is 24.7 Å². The number of rotatable bonds is 4. The van der Waals surface area contributed by atoms with Gasteiger partial charge in [-0.2, -0.15) is 0 Å². The van der Waals surface area contributed by atoms with Gasteiger partial charge in [0.15, 0.2) is 0 Å². The van der Waals surface area contributed by atoms with E-state index in [1.165, 1.54) is 11.1 Å². The Hall–Kier alpha value is -1.11. The average Bonchev–Trinajstić information content (AvgIpc) is 2.20. The summed E-state index contributed by atoms with van der Waals surface area (Å²) in [6, 6.07) is 0. The average molecular weight is 218 g/mol. The molecule has 0 saturated carbocycles. The molecule has 0 aliphatic heterocycles. The van der Waals surface area contributed by atoms with Gasteiger partial charge in [0.25, 0.3) is 0 Å². The predicted molar refractivity (Wildman–Crippen MR) is 69.2 cm³/mol. The summed E-state index contributed by atoms with van der Waals surface area (Å²) in [6.45, 7) is 14.3. The molecule has 1 aliphatic rings. The Bertz CT molecular complexity index is 348. The Kier molecular flexibility index (Phi) is 3.90. The van der Waals surface area contributed by atoms with Crippen LogP contribution in [0.2, 0.25) is 0 Å². The van der Waals surface area contributed by atoms with Crippen molar-refractivity contribution in [2.24, 2.45) is 11.3 Å². The summed E-state index contributed by atoms with van der Waals surface area (Å²) >= 11 is 0. The van der Waals surface area contributed by atoms with Crippen LogP contribution in [0.15, 0.2) is 36.0 Å². The predicted octanol–water partition coefficient (Wildman–Crippen LogP) is 4.07. The first-order chi connectivity index (χ1) is 7.44. The second-order valence-electron chi connectivity index (χ2n) is 5.10. The third kappa shape index (κ3) is 2.18. The zero-order valence-electron chi connectivity index (χ0n) is 10.7. The quantitative estimate of drug-likeness (QED) is 0.513. The molecule has 1 nitrogen and oxygen atoms in total. The lowest BCUT2D eigenvalue weighted by Crippen LogP contribution is -2.30. The Morgan fingerprint density at radius 2 is 2.19 bits per heavy atom. The normalized spacial score (nSPS) is 29.4. The lowest BCUT2D eigenvalue weighted by Gasteiger charge is -2.41. The fraction of sp³-hybridized carbons (Fsp3) is 0.533. The zero-order valence-corrected chi connectivity index (χ0v) is 10.7. The molecule has 0 aromatic heterocycles. The fourth-order valence-corrected chi connectivity index (χ4v) is 2.63. The first-order valence-electron chi connectivity index (χ1n) is 5.86. The van der Waals surface area contributed by atoms with Gasteiger partial charge >= 0.3 is 0 Å². The Balaban J connectivity index is 3.10. The highest BCUT2D eigenvalue weighted by Crippen LogP contribution is 2.48. The molecule has 0 amide bonds. The molecule has 0 heterocycles. The van der Waals surface area contributed by atoms with Crippen LogP contribution in [0, 0.1) is 11.3 Å². The Morgan fingerprint density at radius 3 is 2.62 bits per heavy atom. The molecule has 1 aliphatic carbocycles. The molecule has 0 N–H and O–H groups in total. The molecule has 1 rings (SSSR count). The molecule has 0 aromatic rings. The van der Waals surface area contributed by atoms with Gasteiger partial charge in [0.1, 0.15) is 6.29 Å². The maximum Gasteiger partial charge on any atom is 0.121 e. The monoisotopic (exact) mass is 218 g/mol. The lowest BCUT2D eigenvalue weighted by molar-refractivity contribution is -0.109. The van der Waals surface area contributed by atoms with Gasteiger partial charge in [0.05, 0.1) is 0 Å². The van der Waals surface area contributed by atoms with E-state index in [9.17, 15) is 4.79 Å². The molecular formula is C15H22O. The van der Waals surface area contributed by atoms with Crippen LogP contribution in [-0.2, 0) is 4.79 Å². The maximum atomic E-state index is 10.9. The van der Waals surface area contributed by atoms with E-state index >= 15 is 0 Å². The van der Waals surface area contributed by atoms with Gasteiger partial charge in [0, 0.05) is 11.8 Å². The van der Waals surface area contributed by atoms with Crippen molar-refractivity contribution in [3.05, 3.63) is 36.0 Å². The smallest absolute Gasteiger partial charge is 0.121 e. The summed E-state index contributed by atoms with van der Waals surface area (Å²) < 4.78 is 0. The minimum absolute atomic E-state index is 0.121. The highest BCUT2D eigenvalue weighted by molar-refractivity contribution is 5.55. The molecule has 16 heavy (non-hydrogen) atoms. The number of hydrogen-bond acceptors (Lipinski definition) is 1. The first kappa shape index (κ1) is 13.0. The van der Waals surface area contributed by atoms with Crippen molar-refractivity contribution < 1.29 is 4.79 Å². The third-order valence-corrected chi connectivity index (χ3v) is 4.00. The van der Waals surface area contributed by atoms with Crippen LogP contribution in [0.1, 0.15) is 40.0 Å². The number of allylic oxidation sites excluding steroid dienone is 4. The van der Waals surface area contributed by atoms with Crippen molar-refractivity contribution in [3.8, 4) is 0 Å². The topological polar surface area (TPSA) is 17.1 Å². The van der Waals surface area contributed by atoms with Gasteiger partial charge in [-0.05, 0) is 39.5 Å². The van der Waals surface area contributed by atoms with Crippen LogP contribution in [0.3, 0.4) is 0 Å². The van der Waals surface area contributed by atoms with E-state index in [-0.39, 0.29) is 5.41 Å². The largest absolute Gasteiger partial charge is 0.303 e. The van der Waals surface area contributed by atoms with E-state index in [0.29, 0.717) is 12.3 Å². The van der Waals surface area contributed by atoms with Gasteiger partial charge in [-0.25, -0.2) is 0 Å². The standard InChI is InChI=1S/C15H22O/c1-11(2)14-7-6-13(5)15(10-14,8-9-16)12(3)4/h6,9,14H,1,3,7-8,10H2,2,4-5H3/t14-,15-/m1/s1. The molecule has 88 valence electrons. The minimum Gasteiger partial charge on any atom is -0.303 e. The summed E-state index contributed by atoms with van der Waals surface area (Å²) in [7, 11) is 0. The SMILES string of the molecule is C=C(C)[C@@H]1CC=C(C)[C@@](CC=O)(C(=C)C)C1. The van der Waals surface area contributed by atoms with Crippen molar-refractivity contribution >= 4 is 6.29 Å². The maximum absolute atomic E-state index is 10.9. The lowest BCUT2D eigenvalue weighted by atomic mass is 9.63. The molecule has 0 radical (unpaired) electrons. The zero-order chi connectivity index (χ0) is 12.3. The van der Waals surface area contributed by atoms with Crippen LogP contribution in [0.5, 0.6) is 0 Å². The Morgan fingerprint density at radius 1 is 1.56 bits per heavy atom. The minimum atomic E-state index is -0.121. The summed E-state index contributed by atoms with van der Waals surface area (Å²) in [5, 5.41) is 0. The molecule has 0 spiro atoms. The van der Waals surface area contributed by atoms with Crippen LogP contribution >= 0.6 is 0 Å². The summed E-state index contributed by atoms with van der Waals surface area (Å²) in [5.74, 6) is 0.486. The number of carbonyl (C=O) groups excluding carboxylic acids is 1. The second kappa shape index (κ2) is 4.82. The van der Waals surface area contributed by atoms with Crippen molar-refractivity contribution in [3.63, 3.8) is 0 Å². The highest BCUT2D eigenvalue weighted by Gasteiger charge is 2.37. The van der Waals surface area contributed by atoms with Crippen LogP contribution in [0.4, 0.5) is 0 Å². The van der Waals surface area contributed by atoms with Gasteiger partial charge < -0.3 is 4.79 Å². The van der Waals surface area contributed by atoms with E-state index in [1.807, 2.05) is 6.92 Å². The van der Waals surface area contributed by atoms with Crippen LogP contribution in [0.25, 0.3) is 0 Å². The number of aldehydes is 1. The molecule has 0 bridgehead atoms.